The van der Waals surface area contributed by atoms with Crippen LogP contribution in [-0.2, 0) is 11.3 Å². The summed E-state index contributed by atoms with van der Waals surface area (Å²) in [6.45, 7) is 7.33. The molecule has 0 aliphatic carbocycles. The molecule has 0 bridgehead atoms. The first-order valence-electron chi connectivity index (χ1n) is 9.47. The molecule has 1 aromatic carbocycles. The van der Waals surface area contributed by atoms with Crippen LogP contribution in [-0.4, -0.2) is 45.1 Å². The standard InChI is InChI=1S/C21H25N3O3/c1-14-4-5-19-17(10-14)18(25)12-21(27-19)6-8-23(9-7-21)20(26)13-24-16(3)11-15(2)22-24/h4-5,10-11H,6-9,12-13H2,1-3H3. The van der Waals surface area contributed by atoms with Crippen LogP contribution in [0.25, 0.3) is 0 Å². The topological polar surface area (TPSA) is 64.4 Å². The average molecular weight is 367 g/mol. The van der Waals surface area contributed by atoms with Crippen LogP contribution in [0.1, 0.15) is 46.6 Å². The highest BCUT2D eigenvalue weighted by Gasteiger charge is 2.43. The second kappa shape index (κ2) is 6.51. The zero-order chi connectivity index (χ0) is 19.2. The van der Waals surface area contributed by atoms with E-state index < -0.39 is 5.60 Å². The number of carbonyl (C=O) groups excluding carboxylic acids is 2. The number of amides is 1. The first-order valence-corrected chi connectivity index (χ1v) is 9.47. The third-order valence-corrected chi connectivity index (χ3v) is 5.66. The Kier molecular flexibility index (Phi) is 4.29. The van der Waals surface area contributed by atoms with E-state index in [1.165, 1.54) is 0 Å². The zero-order valence-electron chi connectivity index (χ0n) is 16.1. The number of carbonyl (C=O) groups is 2. The summed E-state index contributed by atoms with van der Waals surface area (Å²) in [4.78, 5) is 27.2. The zero-order valence-corrected chi connectivity index (χ0v) is 16.1. The Balaban J connectivity index is 1.43. The molecule has 4 rings (SSSR count). The van der Waals surface area contributed by atoms with Crippen molar-refractivity contribution in [1.82, 2.24) is 14.7 Å². The van der Waals surface area contributed by atoms with Crippen molar-refractivity contribution in [1.29, 1.82) is 0 Å². The lowest BCUT2D eigenvalue weighted by molar-refractivity contribution is -0.135. The van der Waals surface area contributed by atoms with E-state index in [0.717, 1.165) is 17.0 Å². The lowest BCUT2D eigenvalue weighted by atomic mass is 9.82. The van der Waals surface area contributed by atoms with Crippen LogP contribution >= 0.6 is 0 Å². The Hall–Kier alpha value is -2.63. The summed E-state index contributed by atoms with van der Waals surface area (Å²) in [6.07, 6.45) is 1.74. The number of nitrogens with zero attached hydrogens (tertiary/aromatic N) is 3. The summed E-state index contributed by atoms with van der Waals surface area (Å²) in [5.74, 6) is 0.885. The molecule has 1 fully saturated rings. The fourth-order valence-corrected chi connectivity index (χ4v) is 4.11. The summed E-state index contributed by atoms with van der Waals surface area (Å²) in [6, 6.07) is 7.73. The number of piperidine rings is 1. The molecule has 0 N–H and O–H groups in total. The first-order chi connectivity index (χ1) is 12.8. The van der Waals surface area contributed by atoms with Crippen LogP contribution in [0.2, 0.25) is 0 Å². The summed E-state index contributed by atoms with van der Waals surface area (Å²) in [7, 11) is 0. The van der Waals surface area contributed by atoms with Gasteiger partial charge in [-0.05, 0) is 39.0 Å². The number of hydrogen-bond donors (Lipinski definition) is 0. The van der Waals surface area contributed by atoms with Gasteiger partial charge >= 0.3 is 0 Å². The van der Waals surface area contributed by atoms with Gasteiger partial charge in [0.2, 0.25) is 5.91 Å². The lowest BCUT2D eigenvalue weighted by Gasteiger charge is -2.44. The molecule has 0 unspecified atom stereocenters. The van der Waals surface area contributed by atoms with E-state index in [1.807, 2.05) is 49.9 Å². The van der Waals surface area contributed by atoms with Crippen LogP contribution in [0.3, 0.4) is 0 Å². The average Bonchev–Trinajstić information content (AvgIpc) is 2.93. The molecule has 0 radical (unpaired) electrons. The van der Waals surface area contributed by atoms with Gasteiger partial charge < -0.3 is 9.64 Å². The van der Waals surface area contributed by atoms with Crippen molar-refractivity contribution >= 4 is 11.7 Å². The maximum Gasteiger partial charge on any atom is 0.244 e. The molecule has 1 spiro atoms. The molecule has 1 aromatic heterocycles. The Morgan fingerprint density at radius 3 is 2.59 bits per heavy atom. The summed E-state index contributed by atoms with van der Waals surface area (Å²) in [5.41, 5.74) is 3.17. The fraction of sp³-hybridized carbons (Fsp3) is 0.476. The first kappa shape index (κ1) is 17.8. The molecule has 2 aliphatic rings. The van der Waals surface area contributed by atoms with Gasteiger partial charge in [-0.25, -0.2) is 0 Å². The molecular formula is C21H25N3O3. The second-order valence-electron chi connectivity index (χ2n) is 7.85. The van der Waals surface area contributed by atoms with Crippen LogP contribution < -0.4 is 4.74 Å². The number of aromatic nitrogens is 2. The Labute approximate surface area is 159 Å². The largest absolute Gasteiger partial charge is 0.486 e. The molecule has 6 heteroatoms. The van der Waals surface area contributed by atoms with Gasteiger partial charge in [0.05, 0.1) is 17.7 Å². The highest BCUT2D eigenvalue weighted by Crippen LogP contribution is 2.39. The molecule has 3 heterocycles. The minimum atomic E-state index is -0.478. The highest BCUT2D eigenvalue weighted by atomic mass is 16.5. The maximum absolute atomic E-state index is 12.7. The number of ether oxygens (including phenoxy) is 1. The van der Waals surface area contributed by atoms with Gasteiger partial charge in [-0.2, -0.15) is 5.10 Å². The van der Waals surface area contributed by atoms with Crippen LogP contribution in [0, 0.1) is 20.8 Å². The number of fused-ring (bicyclic) bond motifs is 1. The van der Waals surface area contributed by atoms with Crippen molar-refractivity contribution in [2.45, 2.75) is 52.2 Å². The van der Waals surface area contributed by atoms with Gasteiger partial charge in [0.15, 0.2) is 5.78 Å². The quantitative estimate of drug-likeness (QED) is 0.819. The molecule has 142 valence electrons. The van der Waals surface area contributed by atoms with Crippen molar-refractivity contribution < 1.29 is 14.3 Å². The monoisotopic (exact) mass is 367 g/mol. The molecular weight excluding hydrogens is 342 g/mol. The van der Waals surface area contributed by atoms with E-state index in [2.05, 4.69) is 5.10 Å². The van der Waals surface area contributed by atoms with Crippen LogP contribution in [0.15, 0.2) is 24.3 Å². The predicted molar refractivity (Wildman–Crippen MR) is 101 cm³/mol. The van der Waals surface area contributed by atoms with Gasteiger partial charge in [0, 0.05) is 31.6 Å². The number of ketones is 1. The molecule has 0 saturated carbocycles. The number of benzene rings is 1. The number of hydrogen-bond acceptors (Lipinski definition) is 4. The number of Topliss-reactive ketones (excluding diaryl/α,β-unsaturated/α-hetero) is 1. The molecule has 1 amide bonds. The van der Waals surface area contributed by atoms with Crippen LogP contribution in [0.4, 0.5) is 0 Å². The summed E-state index contributed by atoms with van der Waals surface area (Å²) in [5, 5.41) is 4.37. The van der Waals surface area contributed by atoms with Gasteiger partial charge in [-0.3, -0.25) is 14.3 Å². The number of rotatable bonds is 2. The molecule has 2 aliphatic heterocycles. The normalized spacial score (nSPS) is 18.3. The molecule has 2 aromatic rings. The fourth-order valence-electron chi connectivity index (χ4n) is 4.11. The van der Waals surface area contributed by atoms with E-state index in [9.17, 15) is 9.59 Å². The minimum Gasteiger partial charge on any atom is -0.486 e. The van der Waals surface area contributed by atoms with Crippen molar-refractivity contribution in [2.75, 3.05) is 13.1 Å². The molecule has 6 nitrogen and oxygen atoms in total. The lowest BCUT2D eigenvalue weighted by Crippen LogP contribution is -2.52. The molecule has 27 heavy (non-hydrogen) atoms. The van der Waals surface area contributed by atoms with Crippen molar-refractivity contribution in [3.8, 4) is 5.75 Å². The van der Waals surface area contributed by atoms with Gasteiger partial charge in [-0.15, -0.1) is 0 Å². The third kappa shape index (κ3) is 3.36. The van der Waals surface area contributed by atoms with Crippen LogP contribution in [0.5, 0.6) is 5.75 Å². The second-order valence-corrected chi connectivity index (χ2v) is 7.85. The van der Waals surface area contributed by atoms with E-state index in [0.29, 0.717) is 43.7 Å². The van der Waals surface area contributed by atoms with Gasteiger partial charge in [0.1, 0.15) is 17.9 Å². The van der Waals surface area contributed by atoms with Crippen molar-refractivity contribution in [2.24, 2.45) is 0 Å². The smallest absolute Gasteiger partial charge is 0.244 e. The van der Waals surface area contributed by atoms with E-state index in [-0.39, 0.29) is 18.2 Å². The SMILES string of the molecule is Cc1ccc2c(c1)C(=O)CC1(CCN(C(=O)Cn3nc(C)cc3C)CC1)O2. The predicted octanol–water partition coefficient (Wildman–Crippen LogP) is 2.83. The minimum absolute atomic E-state index is 0.0641. The highest BCUT2D eigenvalue weighted by molar-refractivity contribution is 6.00. The maximum atomic E-state index is 12.7. The summed E-state index contributed by atoms with van der Waals surface area (Å²) >= 11 is 0. The van der Waals surface area contributed by atoms with E-state index >= 15 is 0 Å². The van der Waals surface area contributed by atoms with Crippen molar-refractivity contribution in [3.63, 3.8) is 0 Å². The summed E-state index contributed by atoms with van der Waals surface area (Å²) < 4.78 is 8.03. The third-order valence-electron chi connectivity index (χ3n) is 5.66. The molecule has 0 atom stereocenters. The Morgan fingerprint density at radius 1 is 1.19 bits per heavy atom. The van der Waals surface area contributed by atoms with Gasteiger partial charge in [0.25, 0.3) is 0 Å². The van der Waals surface area contributed by atoms with Crippen molar-refractivity contribution in [3.05, 3.63) is 46.8 Å². The van der Waals surface area contributed by atoms with E-state index in [4.69, 9.17) is 4.74 Å². The Morgan fingerprint density at radius 2 is 1.93 bits per heavy atom. The number of likely N-dealkylation sites (tertiary alicyclic amines) is 1. The molecule has 1 saturated heterocycles. The van der Waals surface area contributed by atoms with Gasteiger partial charge in [-0.1, -0.05) is 11.6 Å². The Bertz CT molecular complexity index is 907. The number of aryl methyl sites for hydroxylation is 3. The van der Waals surface area contributed by atoms with E-state index in [1.54, 1.807) is 4.68 Å².